The molecular weight excluding hydrogens is 446 g/mol. The molecule has 1 amide bonds. The fraction of sp³-hybridized carbons (Fsp3) is 0.154. The number of fused-ring (bicyclic) bond motifs is 2. The molecular formula is C26H23N5O2S. The lowest BCUT2D eigenvalue weighted by Gasteiger charge is -2.13. The summed E-state index contributed by atoms with van der Waals surface area (Å²) < 4.78 is 1.30. The number of nitrogens with zero attached hydrogens (tertiary/aromatic N) is 3. The number of benzene rings is 3. The predicted molar refractivity (Wildman–Crippen MR) is 136 cm³/mol. The first-order valence-corrected chi connectivity index (χ1v) is 11.8. The van der Waals surface area contributed by atoms with Crippen molar-refractivity contribution in [3.8, 4) is 0 Å². The maximum Gasteiger partial charge on any atom is 0.283 e. The lowest BCUT2D eigenvalue weighted by Crippen LogP contribution is -2.27. The molecule has 2 N–H and O–H groups in total. The van der Waals surface area contributed by atoms with Crippen molar-refractivity contribution < 1.29 is 4.79 Å². The number of rotatable bonds is 6. The third-order valence-electron chi connectivity index (χ3n) is 5.78. The summed E-state index contributed by atoms with van der Waals surface area (Å²) in [6, 6.07) is 22.9. The van der Waals surface area contributed by atoms with Crippen LogP contribution in [0.1, 0.15) is 34.3 Å². The number of carbonyl (C=O) groups is 1. The highest BCUT2D eigenvalue weighted by molar-refractivity contribution is 7.20. The number of anilines is 2. The number of amides is 1. The normalized spacial score (nSPS) is 12.1. The van der Waals surface area contributed by atoms with Crippen LogP contribution in [-0.2, 0) is 0 Å². The molecule has 0 unspecified atom stereocenters. The average molecular weight is 470 g/mol. The quantitative estimate of drug-likeness (QED) is 0.370. The van der Waals surface area contributed by atoms with E-state index in [1.54, 1.807) is 18.2 Å². The second-order valence-electron chi connectivity index (χ2n) is 8.21. The molecule has 8 heteroatoms. The van der Waals surface area contributed by atoms with Gasteiger partial charge in [-0.1, -0.05) is 66.8 Å². The number of para-hydroxylation sites is 1. The van der Waals surface area contributed by atoms with Gasteiger partial charge in [-0.15, -0.1) is 5.10 Å². The van der Waals surface area contributed by atoms with Crippen LogP contribution < -0.4 is 16.2 Å². The van der Waals surface area contributed by atoms with Crippen LogP contribution in [-0.4, -0.2) is 27.0 Å². The van der Waals surface area contributed by atoms with Gasteiger partial charge in [0.1, 0.15) is 0 Å². The van der Waals surface area contributed by atoms with Gasteiger partial charge >= 0.3 is 0 Å². The lowest BCUT2D eigenvalue weighted by atomic mass is 10.0. The molecule has 5 aromatic rings. The summed E-state index contributed by atoms with van der Waals surface area (Å²) >= 11 is 1.28. The van der Waals surface area contributed by atoms with Gasteiger partial charge in [-0.2, -0.15) is 4.52 Å². The lowest BCUT2D eigenvalue weighted by molar-refractivity contribution is 0.0952. The largest absolute Gasteiger partial charge is 0.351 e. The Morgan fingerprint density at radius 2 is 1.82 bits per heavy atom. The molecule has 7 nitrogen and oxygen atoms in total. The van der Waals surface area contributed by atoms with Crippen LogP contribution in [0.3, 0.4) is 0 Å². The van der Waals surface area contributed by atoms with Gasteiger partial charge in [0, 0.05) is 17.8 Å². The van der Waals surface area contributed by atoms with Crippen LogP contribution in [0.25, 0.3) is 15.9 Å². The molecule has 0 saturated carbocycles. The zero-order valence-electron chi connectivity index (χ0n) is 18.8. The molecule has 0 fully saturated rings. The summed E-state index contributed by atoms with van der Waals surface area (Å²) in [4.78, 5) is 30.9. The summed E-state index contributed by atoms with van der Waals surface area (Å²) in [6.07, 6.45) is 0. The Bertz CT molecular complexity index is 1560. The third kappa shape index (κ3) is 4.27. The first-order valence-electron chi connectivity index (χ1n) is 11.0. The van der Waals surface area contributed by atoms with Crippen molar-refractivity contribution in [3.05, 3.63) is 99.8 Å². The van der Waals surface area contributed by atoms with E-state index in [-0.39, 0.29) is 17.4 Å². The summed E-state index contributed by atoms with van der Waals surface area (Å²) in [5, 5.41) is 11.6. The molecule has 5 rings (SSSR count). The smallest absolute Gasteiger partial charge is 0.283 e. The fourth-order valence-electron chi connectivity index (χ4n) is 3.78. The summed E-state index contributed by atoms with van der Waals surface area (Å²) in [5.41, 5.74) is 3.83. The zero-order valence-corrected chi connectivity index (χ0v) is 19.6. The van der Waals surface area contributed by atoms with E-state index >= 15 is 0 Å². The van der Waals surface area contributed by atoms with Gasteiger partial charge < -0.3 is 10.6 Å². The summed E-state index contributed by atoms with van der Waals surface area (Å²) in [5.74, 6) is -0.0118. The van der Waals surface area contributed by atoms with Crippen molar-refractivity contribution >= 4 is 43.9 Å². The minimum atomic E-state index is -0.265. The molecule has 0 aliphatic carbocycles. The maximum absolute atomic E-state index is 13.0. The maximum atomic E-state index is 13.0. The van der Waals surface area contributed by atoms with Crippen LogP contribution in [0.15, 0.2) is 77.6 Å². The van der Waals surface area contributed by atoms with Gasteiger partial charge in [0.25, 0.3) is 11.5 Å². The van der Waals surface area contributed by atoms with Crippen molar-refractivity contribution in [3.63, 3.8) is 0 Å². The van der Waals surface area contributed by atoms with Gasteiger partial charge in [0.05, 0.1) is 10.9 Å². The van der Waals surface area contributed by atoms with Crippen LogP contribution in [0.4, 0.5) is 10.8 Å². The first kappa shape index (κ1) is 21.8. The molecule has 0 aliphatic rings. The van der Waals surface area contributed by atoms with E-state index in [9.17, 15) is 9.59 Å². The standard InChI is InChI=1S/C26H23N5O2S/c1-16-8-6-7-11-21(16)28-25-30-31-24(33)20-13-12-19(14-22(20)29-26(31)34-25)23(32)27-15-17(2)18-9-4-3-5-10-18/h3-14,17H,15H2,1-2H3,(H,27,32)(H,28,30)/t17-/m0/s1. The molecule has 170 valence electrons. The van der Waals surface area contributed by atoms with Crippen molar-refractivity contribution in [2.45, 2.75) is 19.8 Å². The van der Waals surface area contributed by atoms with Crippen molar-refractivity contribution in [2.24, 2.45) is 0 Å². The Morgan fingerprint density at radius 3 is 2.62 bits per heavy atom. The first-order chi connectivity index (χ1) is 16.5. The van der Waals surface area contributed by atoms with Crippen molar-refractivity contribution in [1.82, 2.24) is 19.9 Å². The molecule has 0 bridgehead atoms. The Labute approximate surface area is 200 Å². The molecule has 3 aromatic carbocycles. The monoisotopic (exact) mass is 469 g/mol. The van der Waals surface area contributed by atoms with Gasteiger partial charge in [-0.05, 0) is 48.2 Å². The van der Waals surface area contributed by atoms with Gasteiger partial charge in [0.15, 0.2) is 0 Å². The number of aromatic nitrogens is 3. The molecule has 0 aliphatic heterocycles. The van der Waals surface area contributed by atoms with Crippen molar-refractivity contribution in [1.29, 1.82) is 0 Å². The zero-order chi connectivity index (χ0) is 23.7. The molecule has 2 aromatic heterocycles. The van der Waals surface area contributed by atoms with E-state index in [4.69, 9.17) is 0 Å². The number of nitrogens with one attached hydrogen (secondary N) is 2. The van der Waals surface area contributed by atoms with Crippen LogP contribution >= 0.6 is 11.3 Å². The van der Waals surface area contributed by atoms with E-state index in [0.717, 1.165) is 11.3 Å². The molecule has 0 spiro atoms. The minimum Gasteiger partial charge on any atom is -0.351 e. The van der Waals surface area contributed by atoms with Crippen molar-refractivity contribution in [2.75, 3.05) is 11.9 Å². The molecule has 34 heavy (non-hydrogen) atoms. The van der Waals surface area contributed by atoms with Crippen LogP contribution in [0, 0.1) is 6.92 Å². The molecule has 2 heterocycles. The molecule has 0 saturated heterocycles. The average Bonchev–Trinajstić information content (AvgIpc) is 3.26. The van der Waals surface area contributed by atoms with Crippen LogP contribution in [0.2, 0.25) is 0 Å². The number of hydrogen-bond donors (Lipinski definition) is 2. The Balaban J connectivity index is 1.40. The topological polar surface area (TPSA) is 88.4 Å². The highest BCUT2D eigenvalue weighted by Crippen LogP contribution is 2.25. The van der Waals surface area contributed by atoms with E-state index in [1.807, 2.05) is 61.5 Å². The number of aryl methyl sites for hydroxylation is 1. The van der Waals surface area contributed by atoms with E-state index in [1.165, 1.54) is 21.4 Å². The van der Waals surface area contributed by atoms with E-state index in [2.05, 4.69) is 27.6 Å². The Morgan fingerprint density at radius 1 is 1.06 bits per heavy atom. The SMILES string of the molecule is Cc1ccccc1Nc1nn2c(=O)c3ccc(C(=O)NC[C@H](C)c4ccccc4)cc3nc2s1. The Kier molecular flexibility index (Phi) is 5.81. The van der Waals surface area contributed by atoms with Gasteiger partial charge in [-0.3, -0.25) is 9.59 Å². The number of carbonyl (C=O) groups excluding carboxylic acids is 1. The predicted octanol–water partition coefficient (Wildman–Crippen LogP) is 4.89. The highest BCUT2D eigenvalue weighted by atomic mass is 32.1. The highest BCUT2D eigenvalue weighted by Gasteiger charge is 2.15. The van der Waals surface area contributed by atoms with E-state index in [0.29, 0.717) is 33.1 Å². The third-order valence-corrected chi connectivity index (χ3v) is 6.61. The number of hydrogen-bond acceptors (Lipinski definition) is 6. The van der Waals surface area contributed by atoms with Gasteiger partial charge in [0.2, 0.25) is 10.1 Å². The van der Waals surface area contributed by atoms with Crippen LogP contribution in [0.5, 0.6) is 0 Å². The Hall–Kier alpha value is -4.04. The second kappa shape index (κ2) is 9.07. The second-order valence-corrected chi connectivity index (χ2v) is 9.17. The van der Waals surface area contributed by atoms with Gasteiger partial charge in [-0.25, -0.2) is 4.98 Å². The minimum absolute atomic E-state index is 0.185. The summed E-state index contributed by atoms with van der Waals surface area (Å²) in [6.45, 7) is 4.59. The van der Waals surface area contributed by atoms with E-state index < -0.39 is 0 Å². The summed E-state index contributed by atoms with van der Waals surface area (Å²) in [7, 11) is 0. The molecule has 0 radical (unpaired) electrons. The fourth-order valence-corrected chi connectivity index (χ4v) is 4.59. The molecule has 1 atom stereocenters.